The smallest absolute Gasteiger partial charge is 0.320 e. The van der Waals surface area contributed by atoms with E-state index in [0.29, 0.717) is 18.3 Å². The van der Waals surface area contributed by atoms with Crippen LogP contribution in [0.2, 0.25) is 0 Å². The lowest BCUT2D eigenvalue weighted by molar-refractivity contribution is 0.171. The van der Waals surface area contributed by atoms with Gasteiger partial charge in [-0.25, -0.2) is 4.79 Å². The Bertz CT molecular complexity index is 1650. The third kappa shape index (κ3) is 6.97. The number of aliphatic hydroxyl groups excluding tert-OH is 1. The highest BCUT2D eigenvalue weighted by atomic mass is 16.5. The molecule has 4 aromatic rings. The molecule has 0 spiro atoms. The van der Waals surface area contributed by atoms with Crippen molar-refractivity contribution < 1.29 is 14.6 Å². The van der Waals surface area contributed by atoms with Gasteiger partial charge in [-0.3, -0.25) is 14.4 Å². The van der Waals surface area contributed by atoms with Crippen LogP contribution in [0.4, 0.5) is 16.6 Å². The molecular weight excluding hydrogens is 582 g/mol. The summed E-state index contributed by atoms with van der Waals surface area (Å²) in [4.78, 5) is 17.6. The Morgan fingerprint density at radius 1 is 1.07 bits per heavy atom. The topological polar surface area (TPSA) is 125 Å². The summed E-state index contributed by atoms with van der Waals surface area (Å²) in [5, 5.41) is 28.9. The fraction of sp³-hybridized carbons (Fsp3) is 0.529. The zero-order valence-corrected chi connectivity index (χ0v) is 27.6. The molecule has 12 heteroatoms. The highest BCUT2D eigenvalue weighted by molar-refractivity contribution is 5.88. The summed E-state index contributed by atoms with van der Waals surface area (Å²) in [5.41, 5.74) is 3.74. The highest BCUT2D eigenvalue weighted by Crippen LogP contribution is 2.39. The Kier molecular flexibility index (Phi) is 9.19. The summed E-state index contributed by atoms with van der Waals surface area (Å²) < 4.78 is 10.4. The van der Waals surface area contributed by atoms with Crippen LogP contribution in [0, 0.1) is 5.92 Å². The molecule has 2 aliphatic rings. The summed E-state index contributed by atoms with van der Waals surface area (Å²) in [6, 6.07) is 13.6. The van der Waals surface area contributed by atoms with E-state index in [0.717, 1.165) is 79.5 Å². The van der Waals surface area contributed by atoms with Gasteiger partial charge in [0.2, 0.25) is 5.95 Å². The third-order valence-corrected chi connectivity index (χ3v) is 9.22. The number of aliphatic hydroxyl groups is 1. The standard InChI is InChI=1S/C34H47N9O3/c1-34(2,3)29-20-31(41(5)39-29)36-32(45)35-27-11-12-28(26-9-7-6-8-25(26)27)46-24-10-13-30-37-38-33(43(30)22-24)42-16-14-23(15-17-42)21-40(4)18-19-44/h6-10,13,20,22-23,27-28,44H,11-12,14-19,21H2,1-5H3,(H2,35,36,45)/t27-,28+/m0/s1. The van der Waals surface area contributed by atoms with Crippen molar-refractivity contribution in [3.05, 3.63) is 65.5 Å². The number of rotatable bonds is 9. The number of anilines is 2. The number of urea groups is 1. The van der Waals surface area contributed by atoms with Crippen LogP contribution in [0.25, 0.3) is 5.65 Å². The Morgan fingerprint density at radius 2 is 1.83 bits per heavy atom. The van der Waals surface area contributed by atoms with E-state index >= 15 is 0 Å². The first-order valence-corrected chi connectivity index (χ1v) is 16.4. The van der Waals surface area contributed by atoms with Crippen molar-refractivity contribution >= 4 is 23.4 Å². The van der Waals surface area contributed by atoms with Crippen LogP contribution in [0.5, 0.6) is 5.75 Å². The fourth-order valence-electron chi connectivity index (χ4n) is 6.61. The van der Waals surface area contributed by atoms with Gasteiger partial charge in [0.25, 0.3) is 0 Å². The molecule has 3 N–H and O–H groups in total. The number of fused-ring (bicyclic) bond motifs is 2. The molecule has 1 aliphatic carbocycles. The van der Waals surface area contributed by atoms with Crippen LogP contribution in [0.1, 0.15) is 75.4 Å². The fourth-order valence-corrected chi connectivity index (χ4v) is 6.61. The normalized spacial score (nSPS) is 19.0. The summed E-state index contributed by atoms with van der Waals surface area (Å²) in [6.07, 6.45) is 5.50. The number of aryl methyl sites for hydroxylation is 1. The number of amides is 2. The number of hydrogen-bond acceptors (Lipinski definition) is 8. The molecule has 4 heterocycles. The van der Waals surface area contributed by atoms with Gasteiger partial charge in [-0.2, -0.15) is 5.10 Å². The molecule has 1 aromatic carbocycles. The van der Waals surface area contributed by atoms with Gasteiger partial charge < -0.3 is 25.0 Å². The predicted molar refractivity (Wildman–Crippen MR) is 178 cm³/mol. The van der Waals surface area contributed by atoms with Crippen molar-refractivity contribution in [2.45, 2.75) is 64.0 Å². The van der Waals surface area contributed by atoms with Crippen LogP contribution in [-0.4, -0.2) is 80.2 Å². The first-order chi connectivity index (χ1) is 22.1. The molecule has 46 heavy (non-hydrogen) atoms. The van der Waals surface area contributed by atoms with Gasteiger partial charge >= 0.3 is 6.03 Å². The molecule has 246 valence electrons. The number of ether oxygens (including phenoxy) is 1. The van der Waals surface area contributed by atoms with Crippen molar-refractivity contribution in [1.29, 1.82) is 0 Å². The van der Waals surface area contributed by atoms with Gasteiger partial charge in [-0.05, 0) is 61.9 Å². The maximum Gasteiger partial charge on any atom is 0.320 e. The van der Waals surface area contributed by atoms with Gasteiger partial charge in [-0.1, -0.05) is 45.0 Å². The first kappa shape index (κ1) is 31.8. The van der Waals surface area contributed by atoms with Crippen LogP contribution in [0.15, 0.2) is 48.7 Å². The lowest BCUT2D eigenvalue weighted by Crippen LogP contribution is -2.39. The van der Waals surface area contributed by atoms with Gasteiger partial charge in [0.05, 0.1) is 24.5 Å². The number of piperidine rings is 1. The Morgan fingerprint density at radius 3 is 2.54 bits per heavy atom. The molecule has 0 saturated carbocycles. The van der Waals surface area contributed by atoms with Crippen LogP contribution in [-0.2, 0) is 12.5 Å². The predicted octanol–water partition coefficient (Wildman–Crippen LogP) is 4.68. The van der Waals surface area contributed by atoms with Gasteiger partial charge in [0.1, 0.15) is 17.7 Å². The Hall–Kier alpha value is -4.16. The summed E-state index contributed by atoms with van der Waals surface area (Å²) in [5.74, 6) is 2.86. The maximum absolute atomic E-state index is 13.1. The van der Waals surface area contributed by atoms with Gasteiger partial charge in [0.15, 0.2) is 5.65 Å². The summed E-state index contributed by atoms with van der Waals surface area (Å²) >= 11 is 0. The van der Waals surface area contributed by atoms with Crippen molar-refractivity contribution in [2.24, 2.45) is 13.0 Å². The Balaban J connectivity index is 1.12. The first-order valence-electron chi connectivity index (χ1n) is 16.4. The maximum atomic E-state index is 13.1. The number of hydrogen-bond donors (Lipinski definition) is 3. The van der Waals surface area contributed by atoms with E-state index in [1.54, 1.807) is 4.68 Å². The number of aromatic nitrogens is 5. The van der Waals surface area contributed by atoms with Crippen LogP contribution in [0.3, 0.4) is 0 Å². The van der Waals surface area contributed by atoms with Crippen molar-refractivity contribution in [3.8, 4) is 5.75 Å². The molecule has 2 atom stereocenters. The number of likely N-dealkylation sites (N-methyl/N-ethyl adjacent to an activating group) is 1. The second-order valence-electron chi connectivity index (χ2n) is 13.8. The van der Waals surface area contributed by atoms with Crippen molar-refractivity contribution in [2.75, 3.05) is 50.1 Å². The lowest BCUT2D eigenvalue weighted by Gasteiger charge is -2.34. The number of pyridine rings is 1. The Labute approximate surface area is 270 Å². The zero-order valence-electron chi connectivity index (χ0n) is 27.6. The SMILES string of the molecule is CN(CCO)CC1CCN(c2nnc3ccc(O[C@@H]4CC[C@H](NC(=O)Nc5cc(C(C)(C)C)nn5C)c5ccccc54)cn23)CC1. The van der Waals surface area contributed by atoms with Crippen LogP contribution >= 0.6 is 0 Å². The largest absolute Gasteiger partial charge is 0.484 e. The molecule has 2 amide bonds. The minimum absolute atomic E-state index is 0.109. The number of carbonyl (C=O) groups is 1. The van der Waals surface area contributed by atoms with Crippen molar-refractivity contribution in [3.63, 3.8) is 0 Å². The molecule has 1 aliphatic heterocycles. The van der Waals surface area contributed by atoms with Gasteiger partial charge in [0, 0.05) is 44.7 Å². The summed E-state index contributed by atoms with van der Waals surface area (Å²) in [7, 11) is 3.91. The number of nitrogens with zero attached hydrogens (tertiary/aromatic N) is 7. The number of benzene rings is 1. The third-order valence-electron chi connectivity index (χ3n) is 9.22. The monoisotopic (exact) mass is 629 g/mol. The van der Waals surface area contributed by atoms with Crippen LogP contribution < -0.4 is 20.3 Å². The average Bonchev–Trinajstić information content (AvgIpc) is 3.62. The summed E-state index contributed by atoms with van der Waals surface area (Å²) in [6.45, 7) is 10.0. The highest BCUT2D eigenvalue weighted by Gasteiger charge is 2.30. The minimum Gasteiger partial charge on any atom is -0.484 e. The lowest BCUT2D eigenvalue weighted by atomic mass is 9.85. The number of nitrogens with one attached hydrogen (secondary N) is 2. The molecule has 12 nitrogen and oxygen atoms in total. The zero-order chi connectivity index (χ0) is 32.4. The van der Waals surface area contributed by atoms with E-state index in [1.165, 1.54) is 0 Å². The molecule has 0 radical (unpaired) electrons. The molecule has 3 aromatic heterocycles. The van der Waals surface area contributed by atoms with E-state index in [1.807, 2.05) is 48.0 Å². The molecular formula is C34H47N9O3. The van der Waals surface area contributed by atoms with E-state index in [9.17, 15) is 9.90 Å². The van der Waals surface area contributed by atoms with E-state index in [4.69, 9.17) is 4.74 Å². The molecule has 6 rings (SSSR count). The quantitative estimate of drug-likeness (QED) is 0.244. The second-order valence-corrected chi connectivity index (χ2v) is 13.8. The minimum atomic E-state index is -0.255. The molecule has 0 unspecified atom stereocenters. The van der Waals surface area contributed by atoms with E-state index in [2.05, 4.69) is 75.7 Å². The molecule has 1 fully saturated rings. The number of carbonyl (C=O) groups excluding carboxylic acids is 1. The van der Waals surface area contributed by atoms with E-state index < -0.39 is 0 Å². The molecule has 1 saturated heterocycles. The van der Waals surface area contributed by atoms with Crippen molar-refractivity contribution in [1.82, 2.24) is 34.6 Å². The van der Waals surface area contributed by atoms with E-state index in [-0.39, 0.29) is 30.2 Å². The second kappa shape index (κ2) is 13.3. The average molecular weight is 630 g/mol. The van der Waals surface area contributed by atoms with Gasteiger partial charge in [-0.15, -0.1) is 10.2 Å². The molecule has 0 bridgehead atoms.